The van der Waals surface area contributed by atoms with Crippen molar-refractivity contribution < 1.29 is 32.6 Å². The summed E-state index contributed by atoms with van der Waals surface area (Å²) in [6.45, 7) is 1.07. The molecule has 3 atom stereocenters. The number of carbonyl (C=O) groups is 2. The minimum Gasteiger partial charge on any atom is -0.489 e. The Morgan fingerprint density at radius 2 is 1.87 bits per heavy atom. The van der Waals surface area contributed by atoms with E-state index < -0.39 is 12.1 Å². The monoisotopic (exact) mass is 481 g/mol. The van der Waals surface area contributed by atoms with E-state index in [1.165, 1.54) is 0 Å². The Morgan fingerprint density at radius 1 is 1.26 bits per heavy atom. The maximum atomic E-state index is 12.6. The molecule has 0 bridgehead atoms. The van der Waals surface area contributed by atoms with E-state index >= 15 is 0 Å². The van der Waals surface area contributed by atoms with Crippen LogP contribution in [-0.2, 0) is 9.59 Å². The second-order valence-electron chi connectivity index (χ2n) is 6.98. The fraction of sp³-hybridized carbons (Fsp3) is 0.526. The van der Waals surface area contributed by atoms with E-state index in [9.17, 15) is 18.0 Å². The van der Waals surface area contributed by atoms with Crippen molar-refractivity contribution in [2.24, 2.45) is 0 Å². The summed E-state index contributed by atoms with van der Waals surface area (Å²) < 4.78 is 37.5. The average Bonchev–Trinajstić information content (AvgIpc) is 3.36. The van der Waals surface area contributed by atoms with Gasteiger partial charge in [0.15, 0.2) is 5.75 Å². The number of nitrogens with zero attached hydrogens (tertiary/aromatic N) is 2. The summed E-state index contributed by atoms with van der Waals surface area (Å²) in [6, 6.07) is 6.98. The number of para-hydroxylation sites is 1. The van der Waals surface area contributed by atoms with Crippen molar-refractivity contribution in [3.05, 3.63) is 28.2 Å². The number of halogens is 5. The molecule has 1 aromatic rings. The molecule has 31 heavy (non-hydrogen) atoms. The van der Waals surface area contributed by atoms with Crippen LogP contribution in [0.4, 0.5) is 13.2 Å². The van der Waals surface area contributed by atoms with Crippen LogP contribution < -0.4 is 10.1 Å². The number of carbonyl (C=O) groups excluding carboxylic acids is 1. The maximum absolute atomic E-state index is 12.6. The Morgan fingerprint density at radius 3 is 2.42 bits per heavy atom. The molecule has 12 heteroatoms. The molecule has 1 amide bonds. The second kappa shape index (κ2) is 10.9. The van der Waals surface area contributed by atoms with Gasteiger partial charge in [0.25, 0.3) is 0 Å². The number of amides is 1. The van der Waals surface area contributed by atoms with Crippen LogP contribution in [-0.4, -0.2) is 59.3 Å². The minimum absolute atomic E-state index is 0.0253. The van der Waals surface area contributed by atoms with Crippen molar-refractivity contribution in [3.8, 4) is 11.8 Å². The Hall–Kier alpha value is -2.22. The Bertz CT molecular complexity index is 827. The number of hydrogen-bond donors (Lipinski definition) is 2. The SMILES string of the molecule is N#C[C@@H]1CCCN1C(=O)[C@@H]1CC[C@H](COc2c(Cl)cccc2Cl)N1.O=C(O)C(F)(F)F. The van der Waals surface area contributed by atoms with Crippen LogP contribution in [0.15, 0.2) is 18.2 Å². The van der Waals surface area contributed by atoms with E-state index in [4.69, 9.17) is 43.1 Å². The zero-order valence-electron chi connectivity index (χ0n) is 16.2. The summed E-state index contributed by atoms with van der Waals surface area (Å²) in [5.74, 6) is -2.26. The lowest BCUT2D eigenvalue weighted by Gasteiger charge is -2.24. The topological polar surface area (TPSA) is 103 Å². The zero-order valence-corrected chi connectivity index (χ0v) is 17.7. The van der Waals surface area contributed by atoms with Gasteiger partial charge >= 0.3 is 12.1 Å². The molecule has 2 saturated heterocycles. The van der Waals surface area contributed by atoms with Gasteiger partial charge < -0.3 is 14.7 Å². The molecule has 0 aromatic heterocycles. The lowest BCUT2D eigenvalue weighted by atomic mass is 10.1. The van der Waals surface area contributed by atoms with E-state index in [1.54, 1.807) is 23.1 Å². The number of nitriles is 1. The summed E-state index contributed by atoms with van der Waals surface area (Å²) in [5, 5.41) is 20.5. The molecule has 0 spiro atoms. The molecule has 2 heterocycles. The van der Waals surface area contributed by atoms with Crippen molar-refractivity contribution in [1.82, 2.24) is 10.2 Å². The lowest BCUT2D eigenvalue weighted by Crippen LogP contribution is -2.47. The first kappa shape index (κ1) is 25.0. The van der Waals surface area contributed by atoms with Crippen molar-refractivity contribution >= 4 is 35.1 Å². The average molecular weight is 482 g/mol. The number of carboxylic acid groups (broad SMARTS) is 1. The van der Waals surface area contributed by atoms with Gasteiger partial charge in [0.1, 0.15) is 12.6 Å². The van der Waals surface area contributed by atoms with Crippen LogP contribution in [0, 0.1) is 11.3 Å². The molecule has 0 unspecified atom stereocenters. The van der Waals surface area contributed by atoms with Crippen molar-refractivity contribution in [2.75, 3.05) is 13.2 Å². The fourth-order valence-electron chi connectivity index (χ4n) is 3.31. The summed E-state index contributed by atoms with van der Waals surface area (Å²) in [6.07, 6.45) is -1.83. The molecular weight excluding hydrogens is 462 g/mol. The molecule has 2 aliphatic heterocycles. The number of ether oxygens (including phenoxy) is 1. The molecule has 2 N–H and O–H groups in total. The van der Waals surface area contributed by atoms with Crippen molar-refractivity contribution in [1.29, 1.82) is 5.26 Å². The first-order chi connectivity index (χ1) is 14.5. The predicted molar refractivity (Wildman–Crippen MR) is 106 cm³/mol. The fourth-order valence-corrected chi connectivity index (χ4v) is 3.82. The van der Waals surface area contributed by atoms with Crippen LogP contribution in [0.5, 0.6) is 5.75 Å². The highest BCUT2D eigenvalue weighted by molar-refractivity contribution is 6.37. The van der Waals surface area contributed by atoms with E-state index in [0.717, 1.165) is 25.7 Å². The van der Waals surface area contributed by atoms with Crippen LogP contribution in [0.2, 0.25) is 10.0 Å². The van der Waals surface area contributed by atoms with Crippen LogP contribution in [0.3, 0.4) is 0 Å². The van der Waals surface area contributed by atoms with Gasteiger partial charge in [-0.05, 0) is 37.8 Å². The molecule has 3 rings (SSSR count). The van der Waals surface area contributed by atoms with Gasteiger partial charge in [0.05, 0.1) is 22.2 Å². The van der Waals surface area contributed by atoms with Gasteiger partial charge in [0.2, 0.25) is 5.91 Å². The Balaban J connectivity index is 0.000000423. The largest absolute Gasteiger partial charge is 0.490 e. The third-order valence-electron chi connectivity index (χ3n) is 4.81. The Kier molecular flexibility index (Phi) is 8.79. The van der Waals surface area contributed by atoms with E-state index in [0.29, 0.717) is 28.9 Å². The normalized spacial score (nSPS) is 23.0. The summed E-state index contributed by atoms with van der Waals surface area (Å²) in [7, 11) is 0. The molecule has 2 aliphatic rings. The van der Waals surface area contributed by atoms with Gasteiger partial charge in [0, 0.05) is 12.6 Å². The van der Waals surface area contributed by atoms with Crippen LogP contribution in [0.1, 0.15) is 25.7 Å². The van der Waals surface area contributed by atoms with Gasteiger partial charge in [-0.3, -0.25) is 10.1 Å². The predicted octanol–water partition coefficient (Wildman–Crippen LogP) is 3.64. The molecule has 1 aromatic carbocycles. The summed E-state index contributed by atoms with van der Waals surface area (Å²) in [4.78, 5) is 23.2. The highest BCUT2D eigenvalue weighted by atomic mass is 35.5. The molecule has 0 saturated carbocycles. The third-order valence-corrected chi connectivity index (χ3v) is 5.41. The molecule has 0 aliphatic carbocycles. The first-order valence-corrected chi connectivity index (χ1v) is 10.1. The van der Waals surface area contributed by atoms with Gasteiger partial charge in [-0.2, -0.15) is 18.4 Å². The molecule has 170 valence electrons. The number of hydrogen-bond acceptors (Lipinski definition) is 5. The number of likely N-dealkylation sites (tertiary alicyclic amines) is 1. The second-order valence-corrected chi connectivity index (χ2v) is 7.79. The first-order valence-electron chi connectivity index (χ1n) is 9.37. The number of benzene rings is 1. The molecule has 0 radical (unpaired) electrons. The van der Waals surface area contributed by atoms with Gasteiger partial charge in [-0.25, -0.2) is 4.79 Å². The minimum atomic E-state index is -5.08. The van der Waals surface area contributed by atoms with E-state index in [1.807, 2.05) is 0 Å². The smallest absolute Gasteiger partial charge is 0.489 e. The van der Waals surface area contributed by atoms with Gasteiger partial charge in [-0.1, -0.05) is 29.3 Å². The number of alkyl halides is 3. The number of nitrogens with one attached hydrogen (secondary N) is 1. The Labute approximate surface area is 186 Å². The number of carboxylic acids is 1. The van der Waals surface area contributed by atoms with Crippen LogP contribution in [0.25, 0.3) is 0 Å². The zero-order chi connectivity index (χ0) is 23.2. The van der Waals surface area contributed by atoms with Gasteiger partial charge in [-0.15, -0.1) is 0 Å². The summed E-state index contributed by atoms with van der Waals surface area (Å²) >= 11 is 12.2. The quantitative estimate of drug-likeness (QED) is 0.680. The molecule has 2 fully saturated rings. The van der Waals surface area contributed by atoms with E-state index in [-0.39, 0.29) is 24.0 Å². The van der Waals surface area contributed by atoms with Crippen LogP contribution >= 0.6 is 23.2 Å². The van der Waals surface area contributed by atoms with Crippen molar-refractivity contribution in [2.45, 2.75) is 50.0 Å². The highest BCUT2D eigenvalue weighted by Crippen LogP contribution is 2.33. The number of rotatable bonds is 4. The molecule has 7 nitrogen and oxygen atoms in total. The number of aliphatic carboxylic acids is 1. The molecular formula is C19H20Cl2F3N3O4. The summed E-state index contributed by atoms with van der Waals surface area (Å²) in [5.41, 5.74) is 0. The highest BCUT2D eigenvalue weighted by Gasteiger charge is 2.38. The maximum Gasteiger partial charge on any atom is 0.490 e. The third kappa shape index (κ3) is 6.89. The lowest BCUT2D eigenvalue weighted by molar-refractivity contribution is -0.192. The standard InChI is InChI=1S/C17H19Cl2N3O2.C2HF3O2/c18-13-4-1-5-14(19)16(13)24-10-11-6-7-15(21-11)17(23)22-8-2-3-12(22)9-20;3-2(4,5)1(6)7/h1,4-5,11-12,15,21H,2-3,6-8,10H2;(H,6,7)/t11-,12+,15+;/m1./s1. The van der Waals surface area contributed by atoms with Crippen molar-refractivity contribution in [3.63, 3.8) is 0 Å². The van der Waals surface area contributed by atoms with E-state index in [2.05, 4.69) is 11.4 Å².